The van der Waals surface area contributed by atoms with E-state index in [1.54, 1.807) is 23.5 Å². The smallest absolute Gasteiger partial charge is 0.206 e. The van der Waals surface area contributed by atoms with Crippen LogP contribution in [0.3, 0.4) is 0 Å². The van der Waals surface area contributed by atoms with Crippen molar-refractivity contribution in [2.24, 2.45) is 10.1 Å². The van der Waals surface area contributed by atoms with E-state index in [4.69, 9.17) is 23.2 Å². The lowest BCUT2D eigenvalue weighted by atomic mass is 10.2. The number of thiazole rings is 1. The van der Waals surface area contributed by atoms with E-state index in [1.165, 1.54) is 16.2 Å². The molecule has 1 aromatic carbocycles. The van der Waals surface area contributed by atoms with Gasteiger partial charge in [-0.25, -0.2) is 4.68 Å². The molecule has 0 atom stereocenters. The van der Waals surface area contributed by atoms with Crippen molar-refractivity contribution in [3.8, 4) is 11.3 Å². The van der Waals surface area contributed by atoms with Crippen LogP contribution in [-0.4, -0.2) is 17.4 Å². The number of aromatic nitrogens is 1. The van der Waals surface area contributed by atoms with E-state index in [-0.39, 0.29) is 0 Å². The molecule has 0 fully saturated rings. The second-order valence-electron chi connectivity index (χ2n) is 5.01. The average Bonchev–Trinajstić information content (AvgIpc) is 3.14. The van der Waals surface area contributed by atoms with Gasteiger partial charge in [0, 0.05) is 32.3 Å². The molecule has 0 radical (unpaired) electrons. The van der Waals surface area contributed by atoms with Gasteiger partial charge in [-0.15, -0.1) is 22.7 Å². The van der Waals surface area contributed by atoms with Gasteiger partial charge in [-0.05, 0) is 44.2 Å². The lowest BCUT2D eigenvalue weighted by Crippen LogP contribution is -2.12. The van der Waals surface area contributed by atoms with Gasteiger partial charge in [0.25, 0.3) is 0 Å². The molecule has 0 amide bonds. The van der Waals surface area contributed by atoms with E-state index >= 15 is 0 Å². The standard InChI is InChI=1S/C17H15Cl2N3S2/c1-3-20-17-22(21-9-13-6-4-11(2)24-13)16(10-23-17)14-8-12(18)5-7-15(14)19/h4-10H,3H2,1-2H3. The molecule has 124 valence electrons. The first-order valence-corrected chi connectivity index (χ1v) is 9.81. The minimum Gasteiger partial charge on any atom is -0.258 e. The molecule has 24 heavy (non-hydrogen) atoms. The predicted octanol–water partition coefficient (Wildman–Crippen LogP) is 5.70. The summed E-state index contributed by atoms with van der Waals surface area (Å²) in [6.45, 7) is 4.77. The van der Waals surface area contributed by atoms with E-state index in [9.17, 15) is 0 Å². The van der Waals surface area contributed by atoms with Gasteiger partial charge < -0.3 is 0 Å². The van der Waals surface area contributed by atoms with E-state index in [0.717, 1.165) is 20.9 Å². The van der Waals surface area contributed by atoms with Crippen LogP contribution in [0.5, 0.6) is 0 Å². The summed E-state index contributed by atoms with van der Waals surface area (Å²) in [6.07, 6.45) is 1.85. The molecule has 3 nitrogen and oxygen atoms in total. The third kappa shape index (κ3) is 3.81. The zero-order valence-corrected chi connectivity index (χ0v) is 16.3. The average molecular weight is 396 g/mol. The first-order chi connectivity index (χ1) is 11.6. The fourth-order valence-corrected chi connectivity index (χ4v) is 4.19. The minimum atomic E-state index is 0.635. The largest absolute Gasteiger partial charge is 0.258 e. The quantitative estimate of drug-likeness (QED) is 0.507. The topological polar surface area (TPSA) is 29.6 Å². The Morgan fingerprint density at radius 3 is 2.75 bits per heavy atom. The highest BCUT2D eigenvalue weighted by Gasteiger charge is 2.11. The Labute approximate surface area is 158 Å². The van der Waals surface area contributed by atoms with Crippen molar-refractivity contribution in [1.82, 2.24) is 4.68 Å². The molecule has 7 heteroatoms. The van der Waals surface area contributed by atoms with Crippen LogP contribution in [0.15, 0.2) is 45.8 Å². The fraction of sp³-hybridized carbons (Fsp3) is 0.176. The summed E-state index contributed by atoms with van der Waals surface area (Å²) in [4.78, 5) is 7.69. The van der Waals surface area contributed by atoms with Gasteiger partial charge in [-0.2, -0.15) is 5.10 Å². The molecule has 0 saturated heterocycles. The van der Waals surface area contributed by atoms with Crippen molar-refractivity contribution in [3.63, 3.8) is 0 Å². The van der Waals surface area contributed by atoms with Crippen molar-refractivity contribution in [2.75, 3.05) is 6.54 Å². The van der Waals surface area contributed by atoms with E-state index in [2.05, 4.69) is 29.2 Å². The van der Waals surface area contributed by atoms with Gasteiger partial charge in [-0.3, -0.25) is 4.99 Å². The van der Waals surface area contributed by atoms with Crippen LogP contribution in [-0.2, 0) is 0 Å². The van der Waals surface area contributed by atoms with Crippen molar-refractivity contribution in [1.29, 1.82) is 0 Å². The summed E-state index contributed by atoms with van der Waals surface area (Å²) in [6, 6.07) is 9.56. The van der Waals surface area contributed by atoms with Gasteiger partial charge in [0.15, 0.2) is 0 Å². The molecule has 3 aromatic rings. The summed E-state index contributed by atoms with van der Waals surface area (Å²) in [5.41, 5.74) is 1.72. The van der Waals surface area contributed by atoms with Gasteiger partial charge in [-0.1, -0.05) is 23.2 Å². The Morgan fingerprint density at radius 1 is 1.21 bits per heavy atom. The summed E-state index contributed by atoms with van der Waals surface area (Å²) in [5, 5.41) is 7.91. The second kappa shape index (κ2) is 7.66. The van der Waals surface area contributed by atoms with Crippen LogP contribution >= 0.6 is 45.9 Å². The van der Waals surface area contributed by atoms with Crippen LogP contribution in [0.2, 0.25) is 10.0 Å². The maximum absolute atomic E-state index is 6.36. The SMILES string of the molecule is CCN=c1scc(-c2cc(Cl)ccc2Cl)n1N=Cc1ccc(C)s1. The van der Waals surface area contributed by atoms with Crippen molar-refractivity contribution in [2.45, 2.75) is 13.8 Å². The van der Waals surface area contributed by atoms with E-state index < -0.39 is 0 Å². The third-order valence-corrected chi connectivity index (χ3v) is 5.60. The molecule has 0 aliphatic rings. The molecule has 0 spiro atoms. The van der Waals surface area contributed by atoms with Crippen molar-refractivity contribution < 1.29 is 0 Å². The van der Waals surface area contributed by atoms with Crippen LogP contribution < -0.4 is 4.80 Å². The predicted molar refractivity (Wildman–Crippen MR) is 106 cm³/mol. The number of hydrogen-bond acceptors (Lipinski definition) is 4. The Hall–Kier alpha value is -1.40. The normalized spacial score (nSPS) is 12.4. The van der Waals surface area contributed by atoms with Crippen LogP contribution in [0, 0.1) is 6.92 Å². The number of thiophene rings is 1. The lowest BCUT2D eigenvalue weighted by molar-refractivity contribution is 0.833. The highest BCUT2D eigenvalue weighted by Crippen LogP contribution is 2.31. The summed E-state index contributed by atoms with van der Waals surface area (Å²) in [5.74, 6) is 0. The van der Waals surface area contributed by atoms with Crippen LogP contribution in [0.1, 0.15) is 16.7 Å². The molecule has 3 rings (SSSR count). The second-order valence-corrected chi connectivity index (χ2v) is 8.01. The van der Waals surface area contributed by atoms with Crippen molar-refractivity contribution in [3.05, 3.63) is 60.3 Å². The summed E-state index contributed by atoms with van der Waals surface area (Å²) < 4.78 is 1.82. The number of aryl methyl sites for hydroxylation is 1. The molecule has 0 unspecified atom stereocenters. The first kappa shape index (κ1) is 17.4. The highest BCUT2D eigenvalue weighted by atomic mass is 35.5. The Morgan fingerprint density at radius 2 is 2.04 bits per heavy atom. The summed E-state index contributed by atoms with van der Waals surface area (Å²) in [7, 11) is 0. The molecule has 0 saturated carbocycles. The maximum Gasteiger partial charge on any atom is 0.206 e. The molecule has 0 aliphatic carbocycles. The van der Waals surface area contributed by atoms with E-state index in [0.29, 0.717) is 16.6 Å². The molecular weight excluding hydrogens is 381 g/mol. The molecule has 0 aliphatic heterocycles. The highest BCUT2D eigenvalue weighted by molar-refractivity contribution is 7.13. The maximum atomic E-state index is 6.36. The zero-order valence-electron chi connectivity index (χ0n) is 13.2. The molecule has 2 aromatic heterocycles. The monoisotopic (exact) mass is 395 g/mol. The zero-order chi connectivity index (χ0) is 17.1. The number of nitrogens with zero attached hydrogens (tertiary/aromatic N) is 3. The van der Waals surface area contributed by atoms with Gasteiger partial charge in [0.05, 0.1) is 16.9 Å². The number of benzene rings is 1. The molecular formula is C17H15Cl2N3S2. The number of rotatable bonds is 4. The summed E-state index contributed by atoms with van der Waals surface area (Å²) >= 11 is 15.7. The van der Waals surface area contributed by atoms with Crippen molar-refractivity contribution >= 4 is 52.1 Å². The van der Waals surface area contributed by atoms with Crippen LogP contribution in [0.4, 0.5) is 0 Å². The Bertz CT molecular complexity index is 951. The third-order valence-electron chi connectivity index (χ3n) is 3.24. The van der Waals surface area contributed by atoms with Crippen LogP contribution in [0.25, 0.3) is 11.3 Å². The molecule has 0 bridgehead atoms. The molecule has 0 N–H and O–H groups in total. The Balaban J connectivity index is 2.12. The van der Waals surface area contributed by atoms with Gasteiger partial charge in [0.2, 0.25) is 4.80 Å². The van der Waals surface area contributed by atoms with E-state index in [1.807, 2.05) is 29.3 Å². The number of hydrogen-bond donors (Lipinski definition) is 0. The molecule has 2 heterocycles. The van der Waals surface area contributed by atoms with Gasteiger partial charge in [0.1, 0.15) is 0 Å². The first-order valence-electron chi connectivity index (χ1n) is 7.35. The Kier molecular flexibility index (Phi) is 5.56. The fourth-order valence-electron chi connectivity index (χ4n) is 2.17. The lowest BCUT2D eigenvalue weighted by Gasteiger charge is -2.06. The van der Waals surface area contributed by atoms with Gasteiger partial charge >= 0.3 is 0 Å². The number of halogens is 2. The minimum absolute atomic E-state index is 0.635.